The van der Waals surface area contributed by atoms with E-state index < -0.39 is 0 Å². The van der Waals surface area contributed by atoms with E-state index in [1.54, 1.807) is 30.4 Å². The van der Waals surface area contributed by atoms with Crippen LogP contribution >= 0.6 is 23.5 Å². The summed E-state index contributed by atoms with van der Waals surface area (Å²) in [5.74, 6) is 1.62. The van der Waals surface area contributed by atoms with Gasteiger partial charge in [0.15, 0.2) is 0 Å². The summed E-state index contributed by atoms with van der Waals surface area (Å²) >= 11 is 7.93. The van der Waals surface area contributed by atoms with Gasteiger partial charge < -0.3 is 9.47 Å². The Kier molecular flexibility index (Phi) is 4.30. The summed E-state index contributed by atoms with van der Waals surface area (Å²) < 4.78 is 12.3. The molecule has 0 saturated carbocycles. The molecule has 0 bridgehead atoms. The van der Waals surface area contributed by atoms with Gasteiger partial charge in [0.2, 0.25) is 0 Å². The molecule has 0 N–H and O–H groups in total. The zero-order valence-electron chi connectivity index (χ0n) is 10.6. The van der Waals surface area contributed by atoms with Gasteiger partial charge in [-0.05, 0) is 18.4 Å². The largest absolute Gasteiger partial charge is 0.497 e. The van der Waals surface area contributed by atoms with Crippen LogP contribution in [-0.4, -0.2) is 24.0 Å². The minimum absolute atomic E-state index is 0.283. The van der Waals surface area contributed by atoms with Gasteiger partial charge in [-0.1, -0.05) is 6.07 Å². The van der Waals surface area contributed by atoms with Crippen LogP contribution < -0.4 is 9.47 Å². The smallest absolute Gasteiger partial charge is 0.126 e. The Morgan fingerprint density at radius 2 is 2.11 bits per heavy atom. The highest BCUT2D eigenvalue weighted by Gasteiger charge is 2.22. The van der Waals surface area contributed by atoms with Gasteiger partial charge in [-0.25, -0.2) is 0 Å². The van der Waals surface area contributed by atoms with Gasteiger partial charge in [0, 0.05) is 35.5 Å². The van der Waals surface area contributed by atoms with Gasteiger partial charge in [0.05, 0.1) is 19.6 Å². The highest BCUT2D eigenvalue weighted by atomic mass is 35.5. The molecule has 1 aromatic carbocycles. The minimum atomic E-state index is 0.283. The first-order valence-corrected chi connectivity index (χ1v) is 6.94. The van der Waals surface area contributed by atoms with Crippen molar-refractivity contribution in [1.29, 1.82) is 0 Å². The van der Waals surface area contributed by atoms with Crippen LogP contribution in [0.5, 0.6) is 11.5 Å². The Bertz CT molecular complexity index is 464. The zero-order valence-corrected chi connectivity index (χ0v) is 12.2. The van der Waals surface area contributed by atoms with Crippen molar-refractivity contribution in [3.63, 3.8) is 0 Å². The number of allylic oxidation sites excluding steroid dienone is 1. The summed E-state index contributed by atoms with van der Waals surface area (Å²) in [4.78, 5) is 0. The average Bonchev–Trinajstić information content (AvgIpc) is 2.71. The molecule has 98 valence electrons. The number of halogens is 1. The maximum absolute atomic E-state index is 6.21. The third kappa shape index (κ3) is 2.70. The molecule has 0 fully saturated rings. The number of ether oxygens (including phenoxy) is 2. The SMILES string of the molecule is COc1ccc(CC2=CSC(C)N2Cl)c(OC)c1. The minimum Gasteiger partial charge on any atom is -0.497 e. The monoisotopic (exact) mass is 285 g/mol. The third-order valence-corrected chi connectivity index (χ3v) is 4.50. The van der Waals surface area contributed by atoms with Gasteiger partial charge >= 0.3 is 0 Å². The van der Waals surface area contributed by atoms with Gasteiger partial charge in [-0.3, -0.25) is 4.42 Å². The average molecular weight is 286 g/mol. The first-order valence-electron chi connectivity index (χ1n) is 5.66. The normalized spacial score (nSPS) is 18.8. The quantitative estimate of drug-likeness (QED) is 0.788. The van der Waals surface area contributed by atoms with Crippen LogP contribution in [0.2, 0.25) is 0 Å². The Morgan fingerprint density at radius 1 is 1.33 bits per heavy atom. The first kappa shape index (κ1) is 13.4. The van der Waals surface area contributed by atoms with Crippen molar-refractivity contribution < 1.29 is 9.47 Å². The number of thioether (sulfide) groups is 1. The lowest BCUT2D eigenvalue weighted by atomic mass is 10.1. The van der Waals surface area contributed by atoms with E-state index in [2.05, 4.69) is 12.3 Å². The number of methoxy groups -OCH3 is 2. The van der Waals surface area contributed by atoms with Crippen LogP contribution in [-0.2, 0) is 6.42 Å². The van der Waals surface area contributed by atoms with E-state index in [0.29, 0.717) is 0 Å². The second-order valence-corrected chi connectivity index (χ2v) is 5.56. The van der Waals surface area contributed by atoms with E-state index in [9.17, 15) is 0 Å². The van der Waals surface area contributed by atoms with Gasteiger partial charge in [0.25, 0.3) is 0 Å². The molecule has 0 radical (unpaired) electrons. The summed E-state index contributed by atoms with van der Waals surface area (Å²) in [6.07, 6.45) is 0.758. The fraction of sp³-hybridized carbons (Fsp3) is 0.385. The maximum atomic E-state index is 6.21. The van der Waals surface area contributed by atoms with Crippen molar-refractivity contribution in [3.05, 3.63) is 34.9 Å². The van der Waals surface area contributed by atoms with Crippen LogP contribution in [0.25, 0.3) is 0 Å². The first-order chi connectivity index (χ1) is 8.65. The molecule has 0 saturated heterocycles. The van der Waals surface area contributed by atoms with Gasteiger partial charge in [0.1, 0.15) is 11.5 Å². The van der Waals surface area contributed by atoms with Crippen LogP contribution in [0.15, 0.2) is 29.3 Å². The van der Waals surface area contributed by atoms with E-state index in [1.807, 2.05) is 18.2 Å². The number of hydrogen-bond donors (Lipinski definition) is 0. The lowest BCUT2D eigenvalue weighted by Gasteiger charge is -2.18. The molecule has 18 heavy (non-hydrogen) atoms. The van der Waals surface area contributed by atoms with E-state index in [1.165, 1.54) is 0 Å². The van der Waals surface area contributed by atoms with Gasteiger partial charge in [-0.15, -0.1) is 11.8 Å². The molecular formula is C13H16ClNO2S. The molecule has 1 aromatic rings. The van der Waals surface area contributed by atoms with Crippen molar-refractivity contribution in [2.24, 2.45) is 0 Å². The van der Waals surface area contributed by atoms with Crippen molar-refractivity contribution in [2.75, 3.05) is 14.2 Å². The summed E-state index contributed by atoms with van der Waals surface area (Å²) in [5, 5.41) is 2.38. The molecule has 1 heterocycles. The molecule has 0 aliphatic carbocycles. The van der Waals surface area contributed by atoms with Crippen molar-refractivity contribution in [3.8, 4) is 11.5 Å². The molecular weight excluding hydrogens is 270 g/mol. The van der Waals surface area contributed by atoms with Crippen molar-refractivity contribution >= 4 is 23.5 Å². The fourth-order valence-corrected chi connectivity index (χ4v) is 2.92. The summed E-state index contributed by atoms with van der Waals surface area (Å²) in [5.41, 5.74) is 2.20. The van der Waals surface area contributed by atoms with Crippen LogP contribution in [0.4, 0.5) is 0 Å². The Morgan fingerprint density at radius 3 is 2.67 bits per heavy atom. The maximum Gasteiger partial charge on any atom is 0.126 e. The van der Waals surface area contributed by atoms with E-state index >= 15 is 0 Å². The van der Waals surface area contributed by atoms with E-state index in [-0.39, 0.29) is 5.37 Å². The molecule has 1 unspecified atom stereocenters. The molecule has 1 aliphatic rings. The second kappa shape index (κ2) is 5.76. The fourth-order valence-electron chi connectivity index (χ4n) is 1.82. The molecule has 0 spiro atoms. The topological polar surface area (TPSA) is 21.7 Å². The highest BCUT2D eigenvalue weighted by molar-refractivity contribution is 8.02. The molecule has 1 atom stereocenters. The summed E-state index contributed by atoms with van der Waals surface area (Å²) in [7, 11) is 3.31. The third-order valence-electron chi connectivity index (χ3n) is 2.86. The molecule has 0 amide bonds. The predicted octanol–water partition coefficient (Wildman–Crippen LogP) is 3.64. The van der Waals surface area contributed by atoms with E-state index in [4.69, 9.17) is 21.3 Å². The Balaban J connectivity index is 2.19. The Hall–Kier alpha value is -1.00. The lowest BCUT2D eigenvalue weighted by Crippen LogP contribution is -2.16. The number of rotatable bonds is 4. The van der Waals surface area contributed by atoms with Gasteiger partial charge in [-0.2, -0.15) is 0 Å². The zero-order chi connectivity index (χ0) is 13.1. The summed E-state index contributed by atoms with van der Waals surface area (Å²) in [6.45, 7) is 2.08. The lowest BCUT2D eigenvalue weighted by molar-refractivity contribution is 0.390. The molecule has 3 nitrogen and oxygen atoms in total. The number of hydrogen-bond acceptors (Lipinski definition) is 4. The molecule has 0 aromatic heterocycles. The van der Waals surface area contributed by atoms with E-state index in [0.717, 1.165) is 29.2 Å². The van der Waals surface area contributed by atoms with Crippen molar-refractivity contribution in [1.82, 2.24) is 4.42 Å². The predicted molar refractivity (Wildman–Crippen MR) is 76.1 cm³/mol. The van der Waals surface area contributed by atoms with Crippen LogP contribution in [0, 0.1) is 0 Å². The van der Waals surface area contributed by atoms with Crippen LogP contribution in [0.1, 0.15) is 12.5 Å². The molecule has 1 aliphatic heterocycles. The molecule has 2 rings (SSSR count). The number of nitrogens with zero attached hydrogens (tertiary/aromatic N) is 1. The second-order valence-electron chi connectivity index (χ2n) is 4.01. The van der Waals surface area contributed by atoms with Crippen LogP contribution in [0.3, 0.4) is 0 Å². The highest BCUT2D eigenvalue weighted by Crippen LogP contribution is 2.36. The molecule has 5 heteroatoms. The number of benzene rings is 1. The Labute approximate surface area is 117 Å². The standard InChI is InChI=1S/C13H16ClNO2S/c1-9-15(14)11(8-18-9)6-10-4-5-12(16-2)7-13(10)17-3/h4-5,7-9H,6H2,1-3H3. The van der Waals surface area contributed by atoms with Crippen molar-refractivity contribution in [2.45, 2.75) is 18.7 Å². The summed E-state index contributed by atoms with van der Waals surface area (Å²) in [6, 6.07) is 5.83.